The number of H-pyrrole nitrogens is 1. The molecule has 0 amide bonds. The number of hydrogen-bond acceptors (Lipinski definition) is 1. The van der Waals surface area contributed by atoms with Crippen molar-refractivity contribution in [3.8, 4) is 0 Å². The Balaban J connectivity index is 2.46. The maximum atomic E-state index is 11.7. The Kier molecular flexibility index (Phi) is 2.68. The summed E-state index contributed by atoms with van der Waals surface area (Å²) in [5.41, 5.74) is 4.75. The van der Waals surface area contributed by atoms with Gasteiger partial charge in [0.2, 0.25) is 0 Å². The van der Waals surface area contributed by atoms with Gasteiger partial charge in [-0.2, -0.15) is 0 Å². The molecule has 0 bridgehead atoms. The van der Waals surface area contributed by atoms with Crippen molar-refractivity contribution in [1.82, 2.24) is 4.98 Å². The molecule has 1 N–H and O–H groups in total. The molecule has 1 saturated carbocycles. The van der Waals surface area contributed by atoms with E-state index in [2.05, 4.69) is 11.9 Å². The molecule has 0 atom stereocenters. The van der Waals surface area contributed by atoms with E-state index in [0.717, 1.165) is 30.0 Å². The van der Waals surface area contributed by atoms with Crippen LogP contribution in [0, 0.1) is 19.8 Å². The fourth-order valence-corrected chi connectivity index (χ4v) is 2.30. The summed E-state index contributed by atoms with van der Waals surface area (Å²) in [5.74, 6) is 0.873. The van der Waals surface area contributed by atoms with E-state index < -0.39 is 0 Å². The van der Waals surface area contributed by atoms with Gasteiger partial charge in [-0.3, -0.25) is 4.79 Å². The number of nitrogens with one attached hydrogen (secondary N) is 1. The van der Waals surface area contributed by atoms with Crippen molar-refractivity contribution in [3.63, 3.8) is 0 Å². The highest BCUT2D eigenvalue weighted by Crippen LogP contribution is 2.34. The summed E-state index contributed by atoms with van der Waals surface area (Å²) in [4.78, 5) is 14.7. The summed E-state index contributed by atoms with van der Waals surface area (Å²) in [6, 6.07) is 0. The highest BCUT2D eigenvalue weighted by Gasteiger charge is 2.24. The van der Waals surface area contributed by atoms with Gasteiger partial charge < -0.3 is 4.98 Å². The molecule has 2 rings (SSSR count). The fourth-order valence-electron chi connectivity index (χ4n) is 2.30. The van der Waals surface area contributed by atoms with Crippen molar-refractivity contribution < 1.29 is 0 Å². The molecular formula is C13H19NO. The van der Waals surface area contributed by atoms with Crippen molar-refractivity contribution in [1.29, 1.82) is 0 Å². The summed E-state index contributed by atoms with van der Waals surface area (Å²) < 4.78 is 0. The van der Waals surface area contributed by atoms with E-state index >= 15 is 0 Å². The molecule has 1 fully saturated rings. The first-order chi connectivity index (χ1) is 7.13. The Morgan fingerprint density at radius 1 is 1.27 bits per heavy atom. The maximum Gasteiger partial charge on any atom is 0.251 e. The van der Waals surface area contributed by atoms with Gasteiger partial charge in [0.1, 0.15) is 0 Å². The third kappa shape index (κ3) is 1.99. The number of hydrogen-bond donors (Lipinski definition) is 1. The van der Waals surface area contributed by atoms with Crippen LogP contribution in [0.1, 0.15) is 42.1 Å². The minimum atomic E-state index is 0.104. The zero-order valence-electron chi connectivity index (χ0n) is 9.81. The number of aryl methyl sites for hydroxylation is 1. The Morgan fingerprint density at radius 2 is 1.93 bits per heavy atom. The van der Waals surface area contributed by atoms with E-state index in [9.17, 15) is 4.79 Å². The molecule has 0 spiro atoms. The lowest BCUT2D eigenvalue weighted by Crippen LogP contribution is -2.18. The topological polar surface area (TPSA) is 32.9 Å². The van der Waals surface area contributed by atoms with Crippen LogP contribution in [0.4, 0.5) is 0 Å². The number of pyridine rings is 1. The molecule has 0 aromatic carbocycles. The second-order valence-corrected chi connectivity index (χ2v) is 4.66. The van der Waals surface area contributed by atoms with E-state index in [1.165, 1.54) is 24.0 Å². The van der Waals surface area contributed by atoms with E-state index in [0.29, 0.717) is 0 Å². The highest BCUT2D eigenvalue weighted by atomic mass is 16.1. The van der Waals surface area contributed by atoms with Crippen LogP contribution in [0.15, 0.2) is 4.79 Å². The second kappa shape index (κ2) is 3.84. The predicted octanol–water partition coefficient (Wildman–Crippen LogP) is 2.51. The van der Waals surface area contributed by atoms with Gasteiger partial charge in [0, 0.05) is 11.3 Å². The summed E-state index contributed by atoms with van der Waals surface area (Å²) in [6.45, 7) is 6.16. The van der Waals surface area contributed by atoms with Crippen LogP contribution in [0.3, 0.4) is 0 Å². The maximum absolute atomic E-state index is 11.7. The lowest BCUT2D eigenvalue weighted by atomic mass is 9.97. The first kappa shape index (κ1) is 10.5. The molecular weight excluding hydrogens is 186 g/mol. The zero-order valence-corrected chi connectivity index (χ0v) is 9.81. The standard InChI is InChI=1S/C13H19NO/c1-4-11-8(2)12(7-10-5-6-10)9(3)14-13(11)15/h10H,4-7H2,1-3H3,(H,14,15). The molecule has 82 valence electrons. The lowest BCUT2D eigenvalue weighted by Gasteiger charge is -2.12. The van der Waals surface area contributed by atoms with Crippen molar-refractivity contribution in [2.45, 2.75) is 46.5 Å². The van der Waals surface area contributed by atoms with Gasteiger partial charge in [-0.1, -0.05) is 6.92 Å². The molecule has 1 aliphatic rings. The third-order valence-electron chi connectivity index (χ3n) is 3.48. The molecule has 2 nitrogen and oxygen atoms in total. The average molecular weight is 205 g/mol. The smallest absolute Gasteiger partial charge is 0.251 e. The molecule has 0 radical (unpaired) electrons. The van der Waals surface area contributed by atoms with E-state index in [1.54, 1.807) is 0 Å². The van der Waals surface area contributed by atoms with Crippen LogP contribution >= 0.6 is 0 Å². The Hall–Kier alpha value is -1.05. The molecule has 1 aromatic rings. The van der Waals surface area contributed by atoms with Crippen LogP contribution in [-0.2, 0) is 12.8 Å². The molecule has 0 saturated heterocycles. The first-order valence-electron chi connectivity index (χ1n) is 5.84. The molecule has 0 aliphatic heterocycles. The molecule has 2 heteroatoms. The van der Waals surface area contributed by atoms with Crippen molar-refractivity contribution in [2.75, 3.05) is 0 Å². The molecule has 1 aliphatic carbocycles. The first-order valence-corrected chi connectivity index (χ1v) is 5.84. The molecule has 15 heavy (non-hydrogen) atoms. The van der Waals surface area contributed by atoms with Crippen molar-refractivity contribution in [2.24, 2.45) is 5.92 Å². The fraction of sp³-hybridized carbons (Fsp3) is 0.615. The van der Waals surface area contributed by atoms with Gasteiger partial charge in [0.25, 0.3) is 5.56 Å². The Morgan fingerprint density at radius 3 is 2.47 bits per heavy atom. The van der Waals surface area contributed by atoms with Gasteiger partial charge in [-0.25, -0.2) is 0 Å². The van der Waals surface area contributed by atoms with Crippen molar-refractivity contribution in [3.05, 3.63) is 32.7 Å². The third-order valence-corrected chi connectivity index (χ3v) is 3.48. The number of aromatic nitrogens is 1. The van der Waals surface area contributed by atoms with Crippen molar-refractivity contribution >= 4 is 0 Å². The van der Waals surface area contributed by atoms with Crippen LogP contribution in [0.2, 0.25) is 0 Å². The minimum Gasteiger partial charge on any atom is -0.326 e. The van der Waals surface area contributed by atoms with Gasteiger partial charge >= 0.3 is 0 Å². The van der Waals surface area contributed by atoms with Crippen LogP contribution in [0.5, 0.6) is 0 Å². The Labute approximate surface area is 90.7 Å². The highest BCUT2D eigenvalue weighted by molar-refractivity contribution is 5.35. The quantitative estimate of drug-likeness (QED) is 0.808. The second-order valence-electron chi connectivity index (χ2n) is 4.66. The van der Waals surface area contributed by atoms with Gasteiger partial charge in [-0.05, 0) is 56.6 Å². The molecule has 0 unspecified atom stereocenters. The number of rotatable bonds is 3. The summed E-state index contributed by atoms with van der Waals surface area (Å²) in [6.07, 6.45) is 4.71. The Bertz CT molecular complexity index is 427. The zero-order chi connectivity index (χ0) is 11.0. The molecule has 1 heterocycles. The van der Waals surface area contributed by atoms with Gasteiger partial charge in [-0.15, -0.1) is 0 Å². The van der Waals surface area contributed by atoms with Crippen LogP contribution in [0.25, 0.3) is 0 Å². The van der Waals surface area contributed by atoms with E-state index in [-0.39, 0.29) is 5.56 Å². The summed E-state index contributed by atoms with van der Waals surface area (Å²) >= 11 is 0. The monoisotopic (exact) mass is 205 g/mol. The van der Waals surface area contributed by atoms with Gasteiger partial charge in [0.05, 0.1) is 0 Å². The van der Waals surface area contributed by atoms with Crippen LogP contribution in [-0.4, -0.2) is 4.98 Å². The lowest BCUT2D eigenvalue weighted by molar-refractivity contribution is 0.801. The van der Waals surface area contributed by atoms with Crippen LogP contribution < -0.4 is 5.56 Å². The normalized spacial score (nSPS) is 15.7. The largest absolute Gasteiger partial charge is 0.326 e. The molecule has 1 aromatic heterocycles. The number of aromatic amines is 1. The minimum absolute atomic E-state index is 0.104. The van der Waals surface area contributed by atoms with E-state index in [4.69, 9.17) is 0 Å². The average Bonchev–Trinajstić information content (AvgIpc) is 2.96. The summed E-state index contributed by atoms with van der Waals surface area (Å²) in [5, 5.41) is 0. The van der Waals surface area contributed by atoms with Gasteiger partial charge in [0.15, 0.2) is 0 Å². The summed E-state index contributed by atoms with van der Waals surface area (Å²) in [7, 11) is 0. The van der Waals surface area contributed by atoms with E-state index in [1.807, 2.05) is 13.8 Å². The predicted molar refractivity (Wildman–Crippen MR) is 62.3 cm³/mol. The SMILES string of the molecule is CCc1c(C)c(CC2CC2)c(C)[nH]c1=O.